The first-order valence-electron chi connectivity index (χ1n) is 14.1. The predicted molar refractivity (Wildman–Crippen MR) is 155 cm³/mol. The summed E-state index contributed by atoms with van der Waals surface area (Å²) in [5.74, 6) is 1.49. The lowest BCUT2D eigenvalue weighted by atomic mass is 9.86. The van der Waals surface area contributed by atoms with Crippen molar-refractivity contribution in [3.63, 3.8) is 0 Å². The van der Waals surface area contributed by atoms with Gasteiger partial charge in [0.2, 0.25) is 0 Å². The number of amides is 1. The fourth-order valence-electron chi connectivity index (χ4n) is 5.01. The molecule has 4 rings (SSSR count). The van der Waals surface area contributed by atoms with Gasteiger partial charge in [-0.25, -0.2) is 4.79 Å². The molecule has 2 saturated carbocycles. The number of benzene rings is 2. The SMILES string of the molecule is CC(C)(C)OC(=O)NC1CCC(CNc2ccccc2)CC1.NC1CCC(CNc2ccccc2)CC1. The Morgan fingerprint density at radius 2 is 1.19 bits per heavy atom. The van der Waals surface area contributed by atoms with Crippen LogP contribution in [0.1, 0.15) is 72.1 Å². The van der Waals surface area contributed by atoms with Crippen LogP contribution in [0, 0.1) is 11.8 Å². The van der Waals surface area contributed by atoms with Crippen molar-refractivity contribution in [2.75, 3.05) is 23.7 Å². The molecule has 0 saturated heterocycles. The van der Waals surface area contributed by atoms with Crippen molar-refractivity contribution in [1.82, 2.24) is 5.32 Å². The number of carbonyl (C=O) groups excluding carboxylic acids is 1. The molecule has 0 heterocycles. The average Bonchev–Trinajstić information content (AvgIpc) is 2.88. The Hall–Kier alpha value is -2.73. The van der Waals surface area contributed by atoms with Crippen LogP contribution in [0.3, 0.4) is 0 Å². The Kier molecular flexibility index (Phi) is 11.6. The Labute approximate surface area is 224 Å². The monoisotopic (exact) mass is 508 g/mol. The molecule has 0 atom stereocenters. The molecule has 0 unspecified atom stereocenters. The first-order chi connectivity index (χ1) is 17.8. The number of alkyl carbamates (subject to hydrolysis) is 1. The molecule has 6 nitrogen and oxygen atoms in total. The zero-order valence-corrected chi connectivity index (χ0v) is 23.0. The van der Waals surface area contributed by atoms with Gasteiger partial charge in [-0.2, -0.15) is 0 Å². The van der Waals surface area contributed by atoms with Gasteiger partial charge in [0.05, 0.1) is 0 Å². The quantitative estimate of drug-likeness (QED) is 0.330. The third kappa shape index (κ3) is 11.9. The van der Waals surface area contributed by atoms with Crippen LogP contribution in [0.15, 0.2) is 60.7 Å². The molecular formula is C31H48N4O2. The Morgan fingerprint density at radius 1 is 0.757 bits per heavy atom. The molecule has 2 aliphatic carbocycles. The summed E-state index contributed by atoms with van der Waals surface area (Å²) in [7, 11) is 0. The first kappa shape index (κ1) is 28.8. The Balaban J connectivity index is 0.000000220. The van der Waals surface area contributed by atoms with Gasteiger partial charge in [-0.05, 0) is 108 Å². The smallest absolute Gasteiger partial charge is 0.407 e. The lowest BCUT2D eigenvalue weighted by Crippen LogP contribution is -2.41. The molecule has 2 fully saturated rings. The summed E-state index contributed by atoms with van der Waals surface area (Å²) in [6, 6.07) is 21.4. The molecule has 2 aromatic rings. The van der Waals surface area contributed by atoms with Gasteiger partial charge in [-0.1, -0.05) is 36.4 Å². The normalized spacial score (nSPS) is 23.7. The number of carbonyl (C=O) groups is 1. The van der Waals surface area contributed by atoms with Gasteiger partial charge < -0.3 is 26.4 Å². The number of para-hydroxylation sites is 2. The van der Waals surface area contributed by atoms with E-state index in [1.807, 2.05) is 45.0 Å². The van der Waals surface area contributed by atoms with Gasteiger partial charge in [0, 0.05) is 36.5 Å². The topological polar surface area (TPSA) is 88.4 Å². The molecule has 1 amide bonds. The van der Waals surface area contributed by atoms with Crippen LogP contribution in [0.25, 0.3) is 0 Å². The van der Waals surface area contributed by atoms with Gasteiger partial charge in [-0.3, -0.25) is 0 Å². The number of hydrogen-bond donors (Lipinski definition) is 4. The molecule has 2 aliphatic rings. The highest BCUT2D eigenvalue weighted by Crippen LogP contribution is 2.25. The van der Waals surface area contributed by atoms with Crippen molar-refractivity contribution in [1.29, 1.82) is 0 Å². The lowest BCUT2D eigenvalue weighted by Gasteiger charge is -2.30. The third-order valence-corrected chi connectivity index (χ3v) is 7.20. The number of nitrogens with two attached hydrogens (primary N) is 1. The zero-order valence-electron chi connectivity index (χ0n) is 23.0. The highest BCUT2D eigenvalue weighted by Gasteiger charge is 2.24. The number of anilines is 2. The summed E-state index contributed by atoms with van der Waals surface area (Å²) in [6.07, 6.45) is 8.99. The maximum atomic E-state index is 11.8. The van der Waals surface area contributed by atoms with Crippen molar-refractivity contribution in [2.24, 2.45) is 17.6 Å². The highest BCUT2D eigenvalue weighted by molar-refractivity contribution is 5.68. The maximum Gasteiger partial charge on any atom is 0.407 e. The number of rotatable bonds is 7. The van der Waals surface area contributed by atoms with Crippen LogP contribution in [0.4, 0.5) is 16.2 Å². The zero-order chi connectivity index (χ0) is 26.5. The van der Waals surface area contributed by atoms with Crippen molar-refractivity contribution in [2.45, 2.75) is 89.8 Å². The summed E-state index contributed by atoms with van der Waals surface area (Å²) < 4.78 is 5.31. The van der Waals surface area contributed by atoms with Gasteiger partial charge >= 0.3 is 6.09 Å². The van der Waals surface area contributed by atoms with Crippen LogP contribution < -0.4 is 21.7 Å². The van der Waals surface area contributed by atoms with E-state index in [4.69, 9.17) is 10.5 Å². The van der Waals surface area contributed by atoms with Crippen molar-refractivity contribution < 1.29 is 9.53 Å². The lowest BCUT2D eigenvalue weighted by molar-refractivity contribution is 0.0488. The molecule has 6 heteroatoms. The predicted octanol–water partition coefficient (Wildman–Crippen LogP) is 6.80. The molecule has 0 aliphatic heterocycles. The number of hydrogen-bond acceptors (Lipinski definition) is 5. The largest absolute Gasteiger partial charge is 0.444 e. The standard InChI is InChI=1S/C18H28N2O2.C13H20N2/c1-18(2,3)22-17(21)20-16-11-9-14(10-12-16)13-19-15-7-5-4-6-8-15;14-12-8-6-11(7-9-12)10-15-13-4-2-1-3-5-13/h4-8,14,16,19H,9-13H2,1-3H3,(H,20,21);1-5,11-12,15H,6-10,14H2. The van der Waals surface area contributed by atoms with E-state index in [1.165, 1.54) is 37.1 Å². The molecule has 37 heavy (non-hydrogen) atoms. The molecule has 0 aromatic heterocycles. The van der Waals surface area contributed by atoms with Gasteiger partial charge in [-0.15, -0.1) is 0 Å². The van der Waals surface area contributed by atoms with Crippen molar-refractivity contribution in [3.05, 3.63) is 60.7 Å². The van der Waals surface area contributed by atoms with Crippen LogP contribution in [0.2, 0.25) is 0 Å². The number of nitrogens with one attached hydrogen (secondary N) is 3. The molecule has 5 N–H and O–H groups in total. The second-order valence-electron chi connectivity index (χ2n) is 11.6. The summed E-state index contributed by atoms with van der Waals surface area (Å²) in [4.78, 5) is 11.8. The van der Waals surface area contributed by atoms with Gasteiger partial charge in [0.1, 0.15) is 5.60 Å². The van der Waals surface area contributed by atoms with E-state index >= 15 is 0 Å². The minimum absolute atomic E-state index is 0.253. The van der Waals surface area contributed by atoms with Crippen LogP contribution in [-0.4, -0.2) is 36.9 Å². The average molecular weight is 509 g/mol. The minimum atomic E-state index is -0.430. The molecule has 0 bridgehead atoms. The molecule has 2 aromatic carbocycles. The van der Waals surface area contributed by atoms with Crippen molar-refractivity contribution >= 4 is 17.5 Å². The van der Waals surface area contributed by atoms with E-state index in [2.05, 4.69) is 52.3 Å². The first-order valence-corrected chi connectivity index (χ1v) is 14.1. The van der Waals surface area contributed by atoms with E-state index in [9.17, 15) is 4.79 Å². The molecule has 0 radical (unpaired) electrons. The Bertz CT molecular complexity index is 884. The van der Waals surface area contributed by atoms with Crippen LogP contribution in [0.5, 0.6) is 0 Å². The van der Waals surface area contributed by atoms with E-state index in [0.29, 0.717) is 12.0 Å². The van der Waals surface area contributed by atoms with E-state index < -0.39 is 5.60 Å². The summed E-state index contributed by atoms with van der Waals surface area (Å²) >= 11 is 0. The maximum absolute atomic E-state index is 11.8. The van der Waals surface area contributed by atoms with Gasteiger partial charge in [0.15, 0.2) is 0 Å². The van der Waals surface area contributed by atoms with Crippen LogP contribution in [-0.2, 0) is 4.74 Å². The van der Waals surface area contributed by atoms with E-state index in [0.717, 1.165) is 44.7 Å². The highest BCUT2D eigenvalue weighted by atomic mass is 16.6. The number of ether oxygens (including phenoxy) is 1. The second-order valence-corrected chi connectivity index (χ2v) is 11.6. The van der Waals surface area contributed by atoms with E-state index in [-0.39, 0.29) is 12.1 Å². The fraction of sp³-hybridized carbons (Fsp3) is 0.581. The molecular weight excluding hydrogens is 460 g/mol. The molecule has 0 spiro atoms. The van der Waals surface area contributed by atoms with Crippen molar-refractivity contribution in [3.8, 4) is 0 Å². The second kappa shape index (κ2) is 14.9. The van der Waals surface area contributed by atoms with Crippen LogP contribution >= 0.6 is 0 Å². The summed E-state index contributed by atoms with van der Waals surface area (Å²) in [5, 5.41) is 9.97. The van der Waals surface area contributed by atoms with E-state index in [1.54, 1.807) is 0 Å². The fourth-order valence-corrected chi connectivity index (χ4v) is 5.01. The summed E-state index contributed by atoms with van der Waals surface area (Å²) in [5.41, 5.74) is 7.86. The third-order valence-electron chi connectivity index (χ3n) is 7.20. The summed E-state index contributed by atoms with van der Waals surface area (Å²) in [6.45, 7) is 7.76. The van der Waals surface area contributed by atoms with Gasteiger partial charge in [0.25, 0.3) is 0 Å². The minimum Gasteiger partial charge on any atom is -0.444 e. The molecule has 204 valence electrons. The Morgan fingerprint density at radius 3 is 1.62 bits per heavy atom.